The lowest BCUT2D eigenvalue weighted by atomic mass is 10.1. The summed E-state index contributed by atoms with van der Waals surface area (Å²) in [5, 5.41) is 3.24. The Morgan fingerprint density at radius 2 is 2.55 bits per heavy atom. The molecule has 0 spiro atoms. The van der Waals surface area contributed by atoms with Gasteiger partial charge in [-0.2, -0.15) is 0 Å². The fourth-order valence-corrected chi connectivity index (χ4v) is 1.23. The molecule has 2 rings (SSSR count). The zero-order chi connectivity index (χ0) is 7.52. The first kappa shape index (κ1) is 6.61. The second-order valence-corrected chi connectivity index (χ2v) is 2.56. The van der Waals surface area contributed by atoms with Crippen LogP contribution in [-0.4, -0.2) is 18.1 Å². The largest absolute Gasteiger partial charge is 0.451 e. The molecule has 0 bridgehead atoms. The average molecular weight is 150 g/mol. The van der Waals surface area contributed by atoms with E-state index in [1.54, 1.807) is 6.26 Å². The van der Waals surface area contributed by atoms with Crippen molar-refractivity contribution in [3.63, 3.8) is 0 Å². The predicted molar refractivity (Wildman–Crippen MR) is 42.0 cm³/mol. The SMILES string of the molecule is C1=C(c2cocn2)CCNC1. The minimum atomic E-state index is 0.947. The zero-order valence-electron chi connectivity index (χ0n) is 6.21. The smallest absolute Gasteiger partial charge is 0.181 e. The first-order valence-corrected chi connectivity index (χ1v) is 3.75. The van der Waals surface area contributed by atoms with Crippen LogP contribution in [0.2, 0.25) is 0 Å². The van der Waals surface area contributed by atoms with Crippen LogP contribution >= 0.6 is 0 Å². The van der Waals surface area contributed by atoms with Gasteiger partial charge in [0.05, 0.1) is 0 Å². The Balaban J connectivity index is 2.22. The molecule has 0 atom stereocenters. The zero-order valence-corrected chi connectivity index (χ0v) is 6.21. The van der Waals surface area contributed by atoms with E-state index in [0.717, 1.165) is 25.2 Å². The normalized spacial score (nSPS) is 18.0. The summed E-state index contributed by atoms with van der Waals surface area (Å²) >= 11 is 0. The monoisotopic (exact) mass is 150 g/mol. The number of rotatable bonds is 1. The first-order chi connectivity index (χ1) is 5.47. The third-order valence-electron chi connectivity index (χ3n) is 1.83. The van der Waals surface area contributed by atoms with Crippen molar-refractivity contribution in [2.75, 3.05) is 13.1 Å². The second kappa shape index (κ2) is 2.88. The van der Waals surface area contributed by atoms with Crippen LogP contribution in [0.3, 0.4) is 0 Å². The highest BCUT2D eigenvalue weighted by molar-refractivity contribution is 5.62. The molecule has 0 aromatic carbocycles. The van der Waals surface area contributed by atoms with Gasteiger partial charge in [0.2, 0.25) is 0 Å². The van der Waals surface area contributed by atoms with Crippen molar-refractivity contribution in [3.8, 4) is 0 Å². The molecule has 1 aromatic heterocycles. The molecule has 0 radical (unpaired) electrons. The number of hydrogen-bond acceptors (Lipinski definition) is 3. The lowest BCUT2D eigenvalue weighted by molar-refractivity contribution is 0.557. The van der Waals surface area contributed by atoms with E-state index in [1.165, 1.54) is 12.0 Å². The standard InChI is InChI=1S/C8H10N2O/c1-3-9-4-2-7(1)8-5-11-6-10-8/h1,5-6,9H,2-4H2. The summed E-state index contributed by atoms with van der Waals surface area (Å²) in [4.78, 5) is 4.08. The van der Waals surface area contributed by atoms with E-state index < -0.39 is 0 Å². The summed E-state index contributed by atoms with van der Waals surface area (Å²) in [6.07, 6.45) is 6.36. The molecule has 1 aliphatic heterocycles. The summed E-state index contributed by atoms with van der Waals surface area (Å²) in [7, 11) is 0. The van der Waals surface area contributed by atoms with Crippen LogP contribution in [0.4, 0.5) is 0 Å². The Labute approximate surface area is 65.1 Å². The molecular formula is C8H10N2O. The molecule has 0 unspecified atom stereocenters. The molecular weight excluding hydrogens is 140 g/mol. The summed E-state index contributed by atoms with van der Waals surface area (Å²) < 4.78 is 4.90. The van der Waals surface area contributed by atoms with Crippen molar-refractivity contribution in [1.29, 1.82) is 0 Å². The fourth-order valence-electron chi connectivity index (χ4n) is 1.23. The maximum Gasteiger partial charge on any atom is 0.181 e. The van der Waals surface area contributed by atoms with Crippen LogP contribution < -0.4 is 5.32 Å². The van der Waals surface area contributed by atoms with Crippen LogP contribution in [0.1, 0.15) is 12.1 Å². The van der Waals surface area contributed by atoms with Gasteiger partial charge < -0.3 is 9.73 Å². The lowest BCUT2D eigenvalue weighted by Crippen LogP contribution is -2.20. The average Bonchev–Trinajstić information content (AvgIpc) is 2.58. The third-order valence-corrected chi connectivity index (χ3v) is 1.83. The van der Waals surface area contributed by atoms with E-state index in [2.05, 4.69) is 16.4 Å². The summed E-state index contributed by atoms with van der Waals surface area (Å²) in [6.45, 7) is 1.99. The van der Waals surface area contributed by atoms with E-state index >= 15 is 0 Å². The number of aromatic nitrogens is 1. The van der Waals surface area contributed by atoms with Gasteiger partial charge in [-0.3, -0.25) is 0 Å². The molecule has 1 aromatic rings. The highest BCUT2D eigenvalue weighted by atomic mass is 16.3. The van der Waals surface area contributed by atoms with Gasteiger partial charge >= 0.3 is 0 Å². The Hall–Kier alpha value is -1.09. The molecule has 0 saturated carbocycles. The number of oxazole rings is 1. The van der Waals surface area contributed by atoms with Gasteiger partial charge in [-0.05, 0) is 18.5 Å². The number of nitrogens with one attached hydrogen (secondary N) is 1. The van der Waals surface area contributed by atoms with E-state index in [1.807, 2.05) is 0 Å². The van der Waals surface area contributed by atoms with Crippen molar-refractivity contribution in [1.82, 2.24) is 10.3 Å². The van der Waals surface area contributed by atoms with Gasteiger partial charge in [-0.25, -0.2) is 4.98 Å². The molecule has 1 N–H and O–H groups in total. The first-order valence-electron chi connectivity index (χ1n) is 3.75. The number of hydrogen-bond donors (Lipinski definition) is 1. The quantitative estimate of drug-likeness (QED) is 0.650. The second-order valence-electron chi connectivity index (χ2n) is 2.56. The molecule has 3 heteroatoms. The highest BCUT2D eigenvalue weighted by Crippen LogP contribution is 2.16. The van der Waals surface area contributed by atoms with Gasteiger partial charge in [-0.1, -0.05) is 6.08 Å². The van der Waals surface area contributed by atoms with Crippen LogP contribution in [0.25, 0.3) is 5.57 Å². The van der Waals surface area contributed by atoms with Gasteiger partial charge in [0, 0.05) is 6.54 Å². The minimum absolute atomic E-state index is 0.947. The third kappa shape index (κ3) is 1.33. The van der Waals surface area contributed by atoms with E-state index in [9.17, 15) is 0 Å². The Kier molecular flexibility index (Phi) is 1.73. The van der Waals surface area contributed by atoms with Gasteiger partial charge in [-0.15, -0.1) is 0 Å². The maximum absolute atomic E-state index is 4.90. The number of nitrogens with zero attached hydrogens (tertiary/aromatic N) is 1. The summed E-state index contributed by atoms with van der Waals surface area (Å²) in [5.74, 6) is 0. The predicted octanol–water partition coefficient (Wildman–Crippen LogP) is 1.05. The molecule has 1 aliphatic rings. The molecule has 0 aliphatic carbocycles. The summed E-state index contributed by atoms with van der Waals surface area (Å²) in [5.41, 5.74) is 2.27. The fraction of sp³-hybridized carbons (Fsp3) is 0.375. The molecule has 0 fully saturated rings. The molecule has 0 saturated heterocycles. The van der Waals surface area contributed by atoms with Crippen LogP contribution in [0, 0.1) is 0 Å². The topological polar surface area (TPSA) is 38.1 Å². The molecule has 0 amide bonds. The van der Waals surface area contributed by atoms with Gasteiger partial charge in [0.15, 0.2) is 6.39 Å². The van der Waals surface area contributed by atoms with Crippen LogP contribution in [0.5, 0.6) is 0 Å². The highest BCUT2D eigenvalue weighted by Gasteiger charge is 2.06. The van der Waals surface area contributed by atoms with Crippen molar-refractivity contribution in [3.05, 3.63) is 24.4 Å². The Morgan fingerprint density at radius 1 is 1.55 bits per heavy atom. The summed E-state index contributed by atoms with van der Waals surface area (Å²) in [6, 6.07) is 0. The Bertz CT molecular complexity index is 251. The molecule has 2 heterocycles. The van der Waals surface area contributed by atoms with E-state index in [-0.39, 0.29) is 0 Å². The van der Waals surface area contributed by atoms with Gasteiger partial charge in [0.1, 0.15) is 12.0 Å². The van der Waals surface area contributed by atoms with Gasteiger partial charge in [0.25, 0.3) is 0 Å². The van der Waals surface area contributed by atoms with E-state index in [4.69, 9.17) is 4.42 Å². The van der Waals surface area contributed by atoms with Crippen molar-refractivity contribution < 1.29 is 4.42 Å². The van der Waals surface area contributed by atoms with Crippen LogP contribution in [0.15, 0.2) is 23.1 Å². The van der Waals surface area contributed by atoms with Crippen molar-refractivity contribution >= 4 is 5.57 Å². The Morgan fingerprint density at radius 3 is 3.18 bits per heavy atom. The van der Waals surface area contributed by atoms with Crippen LogP contribution in [-0.2, 0) is 0 Å². The molecule has 3 nitrogen and oxygen atoms in total. The van der Waals surface area contributed by atoms with Crippen molar-refractivity contribution in [2.45, 2.75) is 6.42 Å². The molecule has 58 valence electrons. The molecule has 11 heavy (non-hydrogen) atoms. The van der Waals surface area contributed by atoms with Crippen molar-refractivity contribution in [2.24, 2.45) is 0 Å². The lowest BCUT2D eigenvalue weighted by Gasteiger charge is -2.10. The van der Waals surface area contributed by atoms with E-state index in [0.29, 0.717) is 0 Å². The maximum atomic E-state index is 4.90. The minimum Gasteiger partial charge on any atom is -0.451 e.